The summed E-state index contributed by atoms with van der Waals surface area (Å²) in [6.07, 6.45) is 5.64. The van der Waals surface area contributed by atoms with E-state index >= 15 is 0 Å². The Kier molecular flexibility index (Phi) is 4.26. The Morgan fingerprint density at radius 1 is 1.23 bits per heavy atom. The maximum Gasteiger partial charge on any atom is 0.0948 e. The first-order valence-electron chi connectivity index (χ1n) is 7.95. The molecule has 0 radical (unpaired) electrons. The molecule has 4 nitrogen and oxygen atoms in total. The molecule has 1 fully saturated rings. The van der Waals surface area contributed by atoms with Crippen molar-refractivity contribution in [3.8, 4) is 6.07 Å². The van der Waals surface area contributed by atoms with Gasteiger partial charge in [-0.2, -0.15) is 5.26 Å². The van der Waals surface area contributed by atoms with Crippen molar-refractivity contribution in [2.24, 2.45) is 0 Å². The summed E-state index contributed by atoms with van der Waals surface area (Å²) in [6.45, 7) is 5.92. The molecule has 1 saturated heterocycles. The van der Waals surface area contributed by atoms with Gasteiger partial charge in [0.15, 0.2) is 0 Å². The van der Waals surface area contributed by atoms with E-state index in [-0.39, 0.29) is 5.41 Å². The van der Waals surface area contributed by atoms with Gasteiger partial charge in [-0.3, -0.25) is 4.90 Å². The molecular weight excluding hydrogens is 272 g/mol. The SMILES string of the molecule is CCn1cncc1CN1CCC(C#N)(c2ccccc2)CC1. The van der Waals surface area contributed by atoms with E-state index < -0.39 is 0 Å². The van der Waals surface area contributed by atoms with E-state index in [1.807, 2.05) is 30.7 Å². The first-order valence-corrected chi connectivity index (χ1v) is 7.95. The fourth-order valence-electron chi connectivity index (χ4n) is 3.31. The summed E-state index contributed by atoms with van der Waals surface area (Å²) in [6, 6.07) is 12.8. The molecule has 2 aromatic rings. The topological polar surface area (TPSA) is 44.9 Å². The fourth-order valence-corrected chi connectivity index (χ4v) is 3.31. The molecule has 22 heavy (non-hydrogen) atoms. The van der Waals surface area contributed by atoms with Crippen molar-refractivity contribution in [2.75, 3.05) is 13.1 Å². The monoisotopic (exact) mass is 294 g/mol. The quantitative estimate of drug-likeness (QED) is 0.871. The Balaban J connectivity index is 1.68. The standard InChI is InChI=1S/C18H22N4/c1-2-22-15-20-12-17(22)13-21-10-8-18(14-19,9-11-21)16-6-4-3-5-7-16/h3-7,12,15H,2,8-11,13H2,1H3. The molecular formula is C18H22N4. The summed E-state index contributed by atoms with van der Waals surface area (Å²) < 4.78 is 2.18. The van der Waals surface area contributed by atoms with Crippen molar-refractivity contribution < 1.29 is 0 Å². The van der Waals surface area contributed by atoms with Crippen LogP contribution in [0.5, 0.6) is 0 Å². The lowest BCUT2D eigenvalue weighted by molar-refractivity contribution is 0.175. The number of nitrogens with zero attached hydrogens (tertiary/aromatic N) is 4. The number of benzene rings is 1. The number of piperidine rings is 1. The lowest BCUT2D eigenvalue weighted by Crippen LogP contribution is -2.41. The van der Waals surface area contributed by atoms with Gasteiger partial charge in [-0.25, -0.2) is 4.98 Å². The fraction of sp³-hybridized carbons (Fsp3) is 0.444. The van der Waals surface area contributed by atoms with Crippen molar-refractivity contribution in [3.05, 3.63) is 54.1 Å². The number of imidazole rings is 1. The van der Waals surface area contributed by atoms with Gasteiger partial charge >= 0.3 is 0 Å². The summed E-state index contributed by atoms with van der Waals surface area (Å²) in [5, 5.41) is 9.74. The van der Waals surface area contributed by atoms with Gasteiger partial charge in [-0.15, -0.1) is 0 Å². The van der Waals surface area contributed by atoms with Crippen LogP contribution >= 0.6 is 0 Å². The highest BCUT2D eigenvalue weighted by Crippen LogP contribution is 2.35. The Morgan fingerprint density at radius 3 is 2.59 bits per heavy atom. The smallest absolute Gasteiger partial charge is 0.0948 e. The molecule has 0 amide bonds. The number of aromatic nitrogens is 2. The summed E-state index contributed by atoms with van der Waals surface area (Å²) in [7, 11) is 0. The van der Waals surface area contributed by atoms with Crippen molar-refractivity contribution in [1.82, 2.24) is 14.5 Å². The molecule has 4 heteroatoms. The Hall–Kier alpha value is -2.12. The highest BCUT2D eigenvalue weighted by molar-refractivity contribution is 5.33. The number of nitriles is 1. The van der Waals surface area contributed by atoms with Crippen LogP contribution in [0.1, 0.15) is 31.0 Å². The first-order chi connectivity index (χ1) is 10.8. The van der Waals surface area contributed by atoms with Crippen molar-refractivity contribution in [3.63, 3.8) is 0 Å². The molecule has 0 N–H and O–H groups in total. The van der Waals surface area contributed by atoms with Gasteiger partial charge in [0.25, 0.3) is 0 Å². The molecule has 3 rings (SSSR count). The molecule has 0 saturated carbocycles. The maximum absolute atomic E-state index is 9.74. The van der Waals surface area contributed by atoms with Crippen LogP contribution in [0.25, 0.3) is 0 Å². The van der Waals surface area contributed by atoms with E-state index in [4.69, 9.17) is 0 Å². The zero-order valence-corrected chi connectivity index (χ0v) is 13.1. The van der Waals surface area contributed by atoms with E-state index in [0.717, 1.165) is 44.6 Å². The third kappa shape index (κ3) is 2.77. The minimum absolute atomic E-state index is 0.317. The number of hydrogen-bond acceptors (Lipinski definition) is 3. The van der Waals surface area contributed by atoms with Crippen LogP contribution in [0.4, 0.5) is 0 Å². The number of likely N-dealkylation sites (tertiary alicyclic amines) is 1. The van der Waals surface area contributed by atoms with Crippen molar-refractivity contribution in [2.45, 2.75) is 38.3 Å². The van der Waals surface area contributed by atoms with E-state index in [0.29, 0.717) is 0 Å². The molecule has 1 aromatic heterocycles. The van der Waals surface area contributed by atoms with Crippen LogP contribution in [0.2, 0.25) is 0 Å². The minimum Gasteiger partial charge on any atom is -0.334 e. The van der Waals surface area contributed by atoms with Gasteiger partial charge in [0, 0.05) is 32.4 Å². The third-order valence-corrected chi connectivity index (χ3v) is 4.77. The van der Waals surface area contributed by atoms with Crippen LogP contribution in [-0.2, 0) is 18.5 Å². The lowest BCUT2D eigenvalue weighted by atomic mass is 9.74. The van der Waals surface area contributed by atoms with Crippen LogP contribution in [-0.4, -0.2) is 27.5 Å². The van der Waals surface area contributed by atoms with Crippen molar-refractivity contribution in [1.29, 1.82) is 5.26 Å². The predicted molar refractivity (Wildman–Crippen MR) is 86.1 cm³/mol. The van der Waals surface area contributed by atoms with Gasteiger partial charge < -0.3 is 4.57 Å². The second kappa shape index (κ2) is 6.33. The summed E-state index contributed by atoms with van der Waals surface area (Å²) in [5.41, 5.74) is 2.10. The average Bonchev–Trinajstić information content (AvgIpc) is 3.04. The molecule has 1 aliphatic heterocycles. The summed E-state index contributed by atoms with van der Waals surface area (Å²) in [5.74, 6) is 0. The highest BCUT2D eigenvalue weighted by Gasteiger charge is 2.36. The average molecular weight is 294 g/mol. The normalized spacial score (nSPS) is 18.0. The van der Waals surface area contributed by atoms with Gasteiger partial charge in [0.05, 0.1) is 23.5 Å². The Bertz CT molecular complexity index is 645. The maximum atomic E-state index is 9.74. The zero-order chi connectivity index (χ0) is 15.4. The van der Waals surface area contributed by atoms with Crippen LogP contribution < -0.4 is 0 Å². The number of hydrogen-bond donors (Lipinski definition) is 0. The second-order valence-corrected chi connectivity index (χ2v) is 6.01. The largest absolute Gasteiger partial charge is 0.334 e. The molecule has 0 spiro atoms. The van der Waals surface area contributed by atoms with E-state index in [1.165, 1.54) is 5.69 Å². The second-order valence-electron chi connectivity index (χ2n) is 6.01. The van der Waals surface area contributed by atoms with Crippen LogP contribution in [0, 0.1) is 11.3 Å². The van der Waals surface area contributed by atoms with E-state index in [1.54, 1.807) is 0 Å². The molecule has 0 unspecified atom stereocenters. The molecule has 2 heterocycles. The summed E-state index contributed by atoms with van der Waals surface area (Å²) >= 11 is 0. The van der Waals surface area contributed by atoms with Crippen LogP contribution in [0.3, 0.4) is 0 Å². The predicted octanol–water partition coefficient (Wildman–Crippen LogP) is 2.96. The molecule has 114 valence electrons. The van der Waals surface area contributed by atoms with Gasteiger partial charge in [0.1, 0.15) is 0 Å². The highest BCUT2D eigenvalue weighted by atomic mass is 15.2. The molecule has 0 aliphatic carbocycles. The minimum atomic E-state index is -0.317. The molecule has 1 aromatic carbocycles. The van der Waals surface area contributed by atoms with Gasteiger partial charge in [0.2, 0.25) is 0 Å². The Labute approximate surface area is 132 Å². The van der Waals surface area contributed by atoms with Gasteiger partial charge in [-0.1, -0.05) is 30.3 Å². The third-order valence-electron chi connectivity index (χ3n) is 4.77. The van der Waals surface area contributed by atoms with E-state index in [2.05, 4.69) is 39.6 Å². The molecule has 1 aliphatic rings. The lowest BCUT2D eigenvalue weighted by Gasteiger charge is -2.37. The van der Waals surface area contributed by atoms with E-state index in [9.17, 15) is 5.26 Å². The van der Waals surface area contributed by atoms with Crippen LogP contribution in [0.15, 0.2) is 42.9 Å². The molecule has 0 bridgehead atoms. The molecule has 0 atom stereocenters. The number of rotatable bonds is 4. The van der Waals surface area contributed by atoms with Gasteiger partial charge in [-0.05, 0) is 25.3 Å². The number of aryl methyl sites for hydroxylation is 1. The first kappa shape index (κ1) is 14.8. The zero-order valence-electron chi connectivity index (χ0n) is 13.1. The van der Waals surface area contributed by atoms with Crippen molar-refractivity contribution >= 4 is 0 Å². The summed E-state index contributed by atoms with van der Waals surface area (Å²) in [4.78, 5) is 6.67. The Morgan fingerprint density at radius 2 is 1.95 bits per heavy atom.